The summed E-state index contributed by atoms with van der Waals surface area (Å²) in [5.74, 6) is -0.403. The number of hydrogen-bond acceptors (Lipinski definition) is 7. The molecule has 0 spiro atoms. The number of carbonyl (C=O) groups excluding carboxylic acids is 2. The van der Waals surface area contributed by atoms with Crippen LogP contribution < -0.4 is 20.2 Å². The molecule has 2 amide bonds. The van der Waals surface area contributed by atoms with E-state index in [0.29, 0.717) is 41.8 Å². The molecule has 0 atom stereocenters. The average molecular weight is 503 g/mol. The number of carbonyl (C=O) groups is 2. The predicted molar refractivity (Wildman–Crippen MR) is 134 cm³/mol. The molecule has 0 aliphatic carbocycles. The molecule has 0 unspecified atom stereocenters. The Hall–Kier alpha value is -3.14. The maximum absolute atomic E-state index is 12.0. The van der Waals surface area contributed by atoms with E-state index in [2.05, 4.69) is 20.7 Å². The van der Waals surface area contributed by atoms with Crippen LogP contribution in [0.15, 0.2) is 47.6 Å². The summed E-state index contributed by atoms with van der Waals surface area (Å²) >= 11 is 5.92. The van der Waals surface area contributed by atoms with Crippen molar-refractivity contribution >= 4 is 29.6 Å². The number of nitrogens with one attached hydrogen (secondary N) is 2. The smallest absolute Gasteiger partial charge is 0.329 e. The van der Waals surface area contributed by atoms with E-state index in [4.69, 9.17) is 25.8 Å². The number of ether oxygens (including phenoxy) is 3. The molecule has 2 aromatic rings. The number of halogens is 1. The third-order valence-corrected chi connectivity index (χ3v) is 5.45. The number of hydrazone groups is 1. The standard InChI is InChI=1S/C25H31ClN4O5/c1-2-34-23-16-20(6-9-22(23)35-18-19-4-7-21(26)8-5-19)17-28-29-25(32)24(31)27-10-3-11-30-12-14-33-15-13-30/h4-9,16-17H,2-3,10-15,18H2,1H3,(H,27,31)(H,29,32)/b28-17-. The van der Waals surface area contributed by atoms with Gasteiger partial charge in [-0.1, -0.05) is 23.7 Å². The molecule has 0 radical (unpaired) electrons. The van der Waals surface area contributed by atoms with Crippen molar-refractivity contribution in [2.75, 3.05) is 46.0 Å². The number of benzene rings is 2. The molecule has 0 bridgehead atoms. The van der Waals surface area contributed by atoms with E-state index in [0.717, 1.165) is 44.8 Å². The molecule has 35 heavy (non-hydrogen) atoms. The van der Waals surface area contributed by atoms with Gasteiger partial charge in [0.1, 0.15) is 6.61 Å². The van der Waals surface area contributed by atoms with Gasteiger partial charge in [0.05, 0.1) is 26.0 Å². The number of hydrogen-bond donors (Lipinski definition) is 2. The van der Waals surface area contributed by atoms with E-state index in [1.807, 2.05) is 31.2 Å². The van der Waals surface area contributed by atoms with Crippen molar-refractivity contribution in [3.8, 4) is 11.5 Å². The molecule has 9 nitrogen and oxygen atoms in total. The van der Waals surface area contributed by atoms with Crippen LogP contribution in [0.25, 0.3) is 0 Å². The summed E-state index contributed by atoms with van der Waals surface area (Å²) in [6, 6.07) is 12.7. The lowest BCUT2D eigenvalue weighted by Crippen LogP contribution is -2.40. The highest BCUT2D eigenvalue weighted by Crippen LogP contribution is 2.29. The minimum absolute atomic E-state index is 0.363. The van der Waals surface area contributed by atoms with E-state index in [1.165, 1.54) is 6.21 Å². The summed E-state index contributed by atoms with van der Waals surface area (Å²) in [6.45, 7) is 7.23. The molecule has 2 aromatic carbocycles. The highest BCUT2D eigenvalue weighted by atomic mass is 35.5. The molecule has 10 heteroatoms. The maximum atomic E-state index is 12.0. The van der Waals surface area contributed by atoms with Gasteiger partial charge in [-0.15, -0.1) is 0 Å². The Kier molecular flexibility index (Phi) is 10.8. The normalized spacial score (nSPS) is 14.0. The van der Waals surface area contributed by atoms with Crippen LogP contribution in [0.1, 0.15) is 24.5 Å². The summed E-state index contributed by atoms with van der Waals surface area (Å²) in [6.07, 6.45) is 2.20. The first kappa shape index (κ1) is 26.5. The number of morpholine rings is 1. The van der Waals surface area contributed by atoms with Crippen molar-refractivity contribution in [1.29, 1.82) is 0 Å². The van der Waals surface area contributed by atoms with Gasteiger partial charge in [-0.3, -0.25) is 14.5 Å². The zero-order chi connectivity index (χ0) is 24.9. The van der Waals surface area contributed by atoms with Crippen molar-refractivity contribution in [1.82, 2.24) is 15.6 Å². The highest BCUT2D eigenvalue weighted by Gasteiger charge is 2.13. The van der Waals surface area contributed by atoms with Gasteiger partial charge in [-0.05, 0) is 61.3 Å². The van der Waals surface area contributed by atoms with Crippen molar-refractivity contribution in [2.24, 2.45) is 5.10 Å². The third kappa shape index (κ3) is 9.20. The molecule has 1 aliphatic rings. The van der Waals surface area contributed by atoms with E-state index in [9.17, 15) is 9.59 Å². The number of nitrogens with zero attached hydrogens (tertiary/aromatic N) is 2. The van der Waals surface area contributed by atoms with Crippen molar-refractivity contribution < 1.29 is 23.8 Å². The van der Waals surface area contributed by atoms with Gasteiger partial charge >= 0.3 is 11.8 Å². The summed E-state index contributed by atoms with van der Waals surface area (Å²) in [5, 5.41) is 7.16. The van der Waals surface area contributed by atoms with Crippen LogP contribution in [0, 0.1) is 0 Å². The zero-order valence-corrected chi connectivity index (χ0v) is 20.6. The first-order valence-electron chi connectivity index (χ1n) is 11.6. The zero-order valence-electron chi connectivity index (χ0n) is 19.8. The minimum atomic E-state index is -0.819. The molecule has 1 aliphatic heterocycles. The predicted octanol–water partition coefficient (Wildman–Crippen LogP) is 2.61. The van der Waals surface area contributed by atoms with Gasteiger partial charge < -0.3 is 19.5 Å². The number of rotatable bonds is 11. The van der Waals surface area contributed by atoms with Crippen LogP contribution in [0.5, 0.6) is 11.5 Å². The Bertz CT molecular complexity index is 994. The van der Waals surface area contributed by atoms with Gasteiger partial charge in [-0.2, -0.15) is 5.10 Å². The molecule has 1 heterocycles. The average Bonchev–Trinajstić information content (AvgIpc) is 2.87. The van der Waals surface area contributed by atoms with E-state index in [1.54, 1.807) is 18.2 Å². The second kappa shape index (κ2) is 14.3. The van der Waals surface area contributed by atoms with Crippen LogP contribution in [-0.4, -0.2) is 68.9 Å². The van der Waals surface area contributed by atoms with Crippen LogP contribution in [0.4, 0.5) is 0 Å². The van der Waals surface area contributed by atoms with Gasteiger partial charge in [0.2, 0.25) is 0 Å². The Morgan fingerprint density at radius 1 is 1.09 bits per heavy atom. The van der Waals surface area contributed by atoms with Crippen molar-refractivity contribution in [3.05, 3.63) is 58.6 Å². The summed E-state index contributed by atoms with van der Waals surface area (Å²) in [7, 11) is 0. The molecule has 0 aromatic heterocycles. The highest BCUT2D eigenvalue weighted by molar-refractivity contribution is 6.35. The van der Waals surface area contributed by atoms with E-state index < -0.39 is 11.8 Å². The number of amides is 2. The van der Waals surface area contributed by atoms with Gasteiger partial charge in [0.15, 0.2) is 11.5 Å². The Labute approximate surface area is 210 Å². The van der Waals surface area contributed by atoms with Crippen LogP contribution >= 0.6 is 11.6 Å². The summed E-state index contributed by atoms with van der Waals surface area (Å²) in [5.41, 5.74) is 3.90. The fourth-order valence-electron chi connectivity index (χ4n) is 3.36. The SMILES string of the molecule is CCOc1cc(/C=N\NC(=O)C(=O)NCCCN2CCOCC2)ccc1OCc1ccc(Cl)cc1. The largest absolute Gasteiger partial charge is 0.490 e. The Morgan fingerprint density at radius 2 is 1.86 bits per heavy atom. The summed E-state index contributed by atoms with van der Waals surface area (Å²) in [4.78, 5) is 26.2. The molecule has 1 saturated heterocycles. The van der Waals surface area contributed by atoms with Crippen molar-refractivity contribution in [2.45, 2.75) is 20.0 Å². The van der Waals surface area contributed by atoms with Gasteiger partial charge in [0.25, 0.3) is 0 Å². The Balaban J connectivity index is 1.44. The van der Waals surface area contributed by atoms with E-state index >= 15 is 0 Å². The third-order valence-electron chi connectivity index (χ3n) is 5.20. The van der Waals surface area contributed by atoms with Crippen LogP contribution in [-0.2, 0) is 20.9 Å². The van der Waals surface area contributed by atoms with Crippen molar-refractivity contribution in [3.63, 3.8) is 0 Å². The lowest BCUT2D eigenvalue weighted by molar-refractivity contribution is -0.139. The fraction of sp³-hybridized carbons (Fsp3) is 0.400. The second-order valence-corrected chi connectivity index (χ2v) is 8.25. The van der Waals surface area contributed by atoms with Gasteiger partial charge in [0, 0.05) is 24.7 Å². The monoisotopic (exact) mass is 502 g/mol. The molecular weight excluding hydrogens is 472 g/mol. The Morgan fingerprint density at radius 3 is 2.60 bits per heavy atom. The molecule has 2 N–H and O–H groups in total. The second-order valence-electron chi connectivity index (χ2n) is 7.82. The lowest BCUT2D eigenvalue weighted by Gasteiger charge is -2.26. The summed E-state index contributed by atoms with van der Waals surface area (Å²) < 4.78 is 16.9. The van der Waals surface area contributed by atoms with Gasteiger partial charge in [-0.25, -0.2) is 5.43 Å². The maximum Gasteiger partial charge on any atom is 0.329 e. The van der Waals surface area contributed by atoms with Crippen LogP contribution in [0.2, 0.25) is 5.02 Å². The molecule has 0 saturated carbocycles. The first-order chi connectivity index (χ1) is 17.0. The fourth-order valence-corrected chi connectivity index (χ4v) is 3.49. The van der Waals surface area contributed by atoms with E-state index in [-0.39, 0.29) is 0 Å². The quantitative estimate of drug-likeness (QED) is 0.212. The molecular formula is C25H31ClN4O5. The molecule has 1 fully saturated rings. The molecule has 188 valence electrons. The van der Waals surface area contributed by atoms with Crippen LogP contribution in [0.3, 0.4) is 0 Å². The molecule has 3 rings (SSSR count). The topological polar surface area (TPSA) is 101 Å². The first-order valence-corrected chi connectivity index (χ1v) is 12.0. The minimum Gasteiger partial charge on any atom is -0.490 e. The lowest BCUT2D eigenvalue weighted by atomic mass is 10.2.